The number of hydrogen-bond donors (Lipinski definition) is 1. The van der Waals surface area contributed by atoms with E-state index in [1.165, 1.54) is 19.3 Å². The van der Waals surface area contributed by atoms with Crippen molar-refractivity contribution in [3.63, 3.8) is 0 Å². The van der Waals surface area contributed by atoms with E-state index in [1.54, 1.807) is 11.9 Å². The minimum atomic E-state index is 0.566. The average molecular weight is 187 g/mol. The van der Waals surface area contributed by atoms with Crippen molar-refractivity contribution >= 4 is 17.5 Å². The van der Waals surface area contributed by atoms with Crippen molar-refractivity contribution < 1.29 is 0 Å². The van der Waals surface area contributed by atoms with E-state index in [0.29, 0.717) is 6.04 Å². The van der Waals surface area contributed by atoms with Crippen molar-refractivity contribution in [3.8, 4) is 0 Å². The highest BCUT2D eigenvalue weighted by Gasteiger charge is 2.16. The zero-order chi connectivity index (χ0) is 8.81. The molecule has 0 saturated carbocycles. The summed E-state index contributed by atoms with van der Waals surface area (Å²) in [6.07, 6.45) is 4.95. The lowest BCUT2D eigenvalue weighted by Crippen LogP contribution is -2.34. The molecule has 1 unspecified atom stereocenters. The highest BCUT2D eigenvalue weighted by molar-refractivity contribution is 8.10. The number of nitrogens with one attached hydrogen (secondary N) is 1. The Bertz CT molecular complexity index is 149. The summed E-state index contributed by atoms with van der Waals surface area (Å²) in [5.41, 5.74) is 1.84. The minimum absolute atomic E-state index is 0.566. The summed E-state index contributed by atoms with van der Waals surface area (Å²) in [6, 6.07) is 0.566. The van der Waals surface area contributed by atoms with Crippen LogP contribution in [0.5, 0.6) is 0 Å². The van der Waals surface area contributed by atoms with Gasteiger partial charge in [-0.1, -0.05) is 26.7 Å². The van der Waals surface area contributed by atoms with Gasteiger partial charge in [0.25, 0.3) is 0 Å². The summed E-state index contributed by atoms with van der Waals surface area (Å²) >= 11 is 1.54. The lowest BCUT2D eigenvalue weighted by molar-refractivity contribution is 0.171. The Labute approximate surface area is 78.7 Å². The van der Waals surface area contributed by atoms with Crippen LogP contribution in [0.1, 0.15) is 39.5 Å². The molecule has 1 aliphatic heterocycles. The maximum Gasteiger partial charge on any atom is 0.0984 e. The Kier molecular flexibility index (Phi) is 4.46. The molecule has 1 rings (SSSR count). The summed E-state index contributed by atoms with van der Waals surface area (Å²) in [7, 11) is 0. The Morgan fingerprint density at radius 2 is 2.42 bits per heavy atom. The van der Waals surface area contributed by atoms with Gasteiger partial charge >= 0.3 is 0 Å². The molecule has 0 amide bonds. The van der Waals surface area contributed by atoms with Gasteiger partial charge in [-0.15, -0.1) is 0 Å². The van der Waals surface area contributed by atoms with Gasteiger partial charge in [0.1, 0.15) is 0 Å². The maximum atomic E-state index is 4.22. The van der Waals surface area contributed by atoms with Gasteiger partial charge in [0.2, 0.25) is 0 Å². The first kappa shape index (κ1) is 9.86. The standard InChI is InChI=1S/C8H17N3S/c1-3-5-6-8(4-2)11-9-7-12-10-11/h7-8,10H,3-6H2,1-2H3. The summed E-state index contributed by atoms with van der Waals surface area (Å²) in [4.78, 5) is 3.14. The van der Waals surface area contributed by atoms with Gasteiger partial charge in [-0.25, -0.2) is 5.12 Å². The van der Waals surface area contributed by atoms with E-state index in [1.807, 2.05) is 10.7 Å². The number of rotatable bonds is 5. The fourth-order valence-corrected chi connectivity index (χ4v) is 1.78. The van der Waals surface area contributed by atoms with Gasteiger partial charge in [-0.05, 0) is 24.8 Å². The normalized spacial score (nSPS) is 18.7. The van der Waals surface area contributed by atoms with Crippen LogP contribution in [0.3, 0.4) is 0 Å². The molecule has 0 radical (unpaired) electrons. The van der Waals surface area contributed by atoms with Crippen molar-refractivity contribution in [2.24, 2.45) is 5.10 Å². The van der Waals surface area contributed by atoms with E-state index in [2.05, 4.69) is 23.8 Å². The third-order valence-electron chi connectivity index (χ3n) is 2.08. The van der Waals surface area contributed by atoms with E-state index in [4.69, 9.17) is 0 Å². The van der Waals surface area contributed by atoms with E-state index in [-0.39, 0.29) is 0 Å². The summed E-state index contributed by atoms with van der Waals surface area (Å²) in [5.74, 6) is 0. The third kappa shape index (κ3) is 2.68. The molecule has 3 nitrogen and oxygen atoms in total. The molecule has 0 spiro atoms. The van der Waals surface area contributed by atoms with E-state index >= 15 is 0 Å². The first-order valence-electron chi connectivity index (χ1n) is 4.61. The molecular formula is C8H17N3S. The maximum absolute atomic E-state index is 4.22. The molecular weight excluding hydrogens is 170 g/mol. The average Bonchev–Trinajstić information content (AvgIpc) is 2.59. The van der Waals surface area contributed by atoms with Crippen molar-refractivity contribution in [3.05, 3.63) is 0 Å². The smallest absolute Gasteiger partial charge is 0.0984 e. The predicted octanol–water partition coefficient (Wildman–Crippen LogP) is 2.37. The molecule has 1 heterocycles. The third-order valence-corrected chi connectivity index (χ3v) is 2.57. The number of hydrogen-bond acceptors (Lipinski definition) is 4. The lowest BCUT2D eigenvalue weighted by Gasteiger charge is -2.23. The predicted molar refractivity (Wildman–Crippen MR) is 54.7 cm³/mol. The zero-order valence-corrected chi connectivity index (χ0v) is 8.60. The highest BCUT2D eigenvalue weighted by atomic mass is 32.2. The van der Waals surface area contributed by atoms with Crippen LogP contribution in [0.25, 0.3) is 0 Å². The summed E-state index contributed by atoms with van der Waals surface area (Å²) in [5, 5.41) is 6.19. The second kappa shape index (κ2) is 5.43. The molecule has 70 valence electrons. The van der Waals surface area contributed by atoms with E-state index in [9.17, 15) is 0 Å². The highest BCUT2D eigenvalue weighted by Crippen LogP contribution is 2.15. The van der Waals surface area contributed by atoms with Crippen molar-refractivity contribution in [2.75, 3.05) is 0 Å². The lowest BCUT2D eigenvalue weighted by atomic mass is 10.1. The molecule has 0 aliphatic carbocycles. The second-order valence-electron chi connectivity index (χ2n) is 2.98. The number of hydrazine groups is 1. The van der Waals surface area contributed by atoms with Gasteiger partial charge in [-0.3, -0.25) is 0 Å². The van der Waals surface area contributed by atoms with E-state index < -0.39 is 0 Å². The number of hydrazone groups is 1. The topological polar surface area (TPSA) is 27.6 Å². The molecule has 0 saturated heterocycles. The van der Waals surface area contributed by atoms with Gasteiger partial charge < -0.3 is 0 Å². The quantitative estimate of drug-likeness (QED) is 0.670. The van der Waals surface area contributed by atoms with Crippen molar-refractivity contribution in [2.45, 2.75) is 45.6 Å². The first-order valence-corrected chi connectivity index (χ1v) is 5.49. The monoisotopic (exact) mass is 187 g/mol. The largest absolute Gasteiger partial charge is 0.216 e. The Morgan fingerprint density at radius 3 is 2.92 bits per heavy atom. The van der Waals surface area contributed by atoms with Crippen LogP contribution >= 0.6 is 11.9 Å². The van der Waals surface area contributed by atoms with Gasteiger partial charge in [0, 0.05) is 0 Å². The molecule has 12 heavy (non-hydrogen) atoms. The minimum Gasteiger partial charge on any atom is -0.216 e. The van der Waals surface area contributed by atoms with Gasteiger partial charge in [0.15, 0.2) is 0 Å². The SMILES string of the molecule is CCCCC(CC)N1N=CSN1. The Balaban J connectivity index is 2.28. The molecule has 0 aromatic rings. The molecule has 0 bridgehead atoms. The zero-order valence-electron chi connectivity index (χ0n) is 7.79. The van der Waals surface area contributed by atoms with Gasteiger partial charge in [-0.2, -0.15) is 9.93 Å². The van der Waals surface area contributed by atoms with Crippen molar-refractivity contribution in [1.29, 1.82) is 0 Å². The van der Waals surface area contributed by atoms with Crippen LogP contribution in [-0.4, -0.2) is 16.7 Å². The Morgan fingerprint density at radius 1 is 1.58 bits per heavy atom. The molecule has 0 aromatic heterocycles. The van der Waals surface area contributed by atoms with Crippen LogP contribution in [0.4, 0.5) is 0 Å². The van der Waals surface area contributed by atoms with Crippen LogP contribution in [0.2, 0.25) is 0 Å². The van der Waals surface area contributed by atoms with E-state index in [0.717, 1.165) is 6.42 Å². The molecule has 4 heteroatoms. The molecule has 1 aliphatic rings. The Hall–Kier alpha value is -0.220. The van der Waals surface area contributed by atoms with Crippen LogP contribution in [0.15, 0.2) is 5.10 Å². The number of unbranched alkanes of at least 4 members (excludes halogenated alkanes) is 1. The fraction of sp³-hybridized carbons (Fsp3) is 0.875. The molecule has 0 aromatic carbocycles. The molecule has 0 fully saturated rings. The molecule has 1 atom stereocenters. The molecule has 1 N–H and O–H groups in total. The first-order chi connectivity index (χ1) is 5.88. The van der Waals surface area contributed by atoms with Crippen molar-refractivity contribution in [1.82, 2.24) is 9.95 Å². The summed E-state index contributed by atoms with van der Waals surface area (Å²) in [6.45, 7) is 4.43. The van der Waals surface area contributed by atoms with Crippen LogP contribution in [-0.2, 0) is 0 Å². The van der Waals surface area contributed by atoms with Crippen LogP contribution in [0, 0.1) is 0 Å². The second-order valence-corrected chi connectivity index (χ2v) is 3.61. The summed E-state index contributed by atoms with van der Waals surface area (Å²) < 4.78 is 0. The van der Waals surface area contributed by atoms with Crippen LogP contribution < -0.4 is 4.83 Å². The fourth-order valence-electron chi connectivity index (χ4n) is 1.28. The number of nitrogens with zero attached hydrogens (tertiary/aromatic N) is 2. The van der Waals surface area contributed by atoms with Gasteiger partial charge in [0.05, 0.1) is 11.6 Å².